The summed E-state index contributed by atoms with van der Waals surface area (Å²) in [5.74, 6) is 1.05. The van der Waals surface area contributed by atoms with Crippen molar-refractivity contribution in [3.63, 3.8) is 0 Å². The van der Waals surface area contributed by atoms with Crippen LogP contribution in [-0.2, 0) is 10.0 Å². The second kappa shape index (κ2) is 8.89. The number of anilines is 3. The Bertz CT molecular complexity index is 1380. The Balaban J connectivity index is 1.82. The Morgan fingerprint density at radius 3 is 2.03 bits per heavy atom. The van der Waals surface area contributed by atoms with E-state index < -0.39 is 10.0 Å². The molecule has 0 aliphatic carbocycles. The lowest BCUT2D eigenvalue weighted by molar-refractivity contribution is 0.405. The number of hydrogen-bond acceptors (Lipinski definition) is 7. The van der Waals surface area contributed by atoms with Crippen molar-refractivity contribution in [3.05, 3.63) is 71.8 Å². The maximum absolute atomic E-state index is 12.9. The maximum atomic E-state index is 12.9. The van der Waals surface area contributed by atoms with E-state index in [0.29, 0.717) is 33.2 Å². The number of benzene rings is 3. The van der Waals surface area contributed by atoms with Gasteiger partial charge in [0.15, 0.2) is 11.6 Å². The number of fused-ring (bicyclic) bond motifs is 1. The van der Waals surface area contributed by atoms with Gasteiger partial charge in [-0.05, 0) is 24.3 Å². The van der Waals surface area contributed by atoms with Crippen LogP contribution in [0.15, 0.2) is 71.6 Å². The lowest BCUT2D eigenvalue weighted by Crippen LogP contribution is -2.16. The zero-order valence-corrected chi connectivity index (χ0v) is 18.7. The van der Waals surface area contributed by atoms with Crippen molar-refractivity contribution in [2.75, 3.05) is 24.3 Å². The topological polar surface area (TPSA) is 102 Å². The van der Waals surface area contributed by atoms with Crippen molar-refractivity contribution < 1.29 is 17.9 Å². The Morgan fingerprint density at radius 1 is 0.812 bits per heavy atom. The molecule has 32 heavy (non-hydrogen) atoms. The van der Waals surface area contributed by atoms with Gasteiger partial charge < -0.3 is 14.8 Å². The van der Waals surface area contributed by atoms with Crippen LogP contribution in [0, 0.1) is 0 Å². The fourth-order valence-corrected chi connectivity index (χ4v) is 4.29. The molecule has 0 bridgehead atoms. The average Bonchev–Trinajstić information content (AvgIpc) is 2.80. The van der Waals surface area contributed by atoms with Crippen molar-refractivity contribution in [2.45, 2.75) is 4.90 Å². The van der Waals surface area contributed by atoms with E-state index in [0.717, 1.165) is 0 Å². The van der Waals surface area contributed by atoms with Gasteiger partial charge in [-0.3, -0.25) is 4.72 Å². The summed E-state index contributed by atoms with van der Waals surface area (Å²) in [6, 6.07) is 18.4. The third-order valence-electron chi connectivity index (χ3n) is 4.58. The fourth-order valence-electron chi connectivity index (χ4n) is 3.03. The molecule has 164 valence electrons. The summed E-state index contributed by atoms with van der Waals surface area (Å²) in [4.78, 5) is 9.16. The highest BCUT2D eigenvalue weighted by molar-refractivity contribution is 7.92. The standard InChI is InChI=1S/C22H19ClN4O4S/c1-30-19-13-18(20(31-2)12-15(19)23)26-21-22(25-17-11-7-6-10-16(17)24-21)27-32(28,29)14-8-4-3-5-9-14/h3-13H,1-2H3,(H,24,26)(H,25,27). The zero-order chi connectivity index (χ0) is 22.7. The van der Waals surface area contributed by atoms with Gasteiger partial charge >= 0.3 is 0 Å². The van der Waals surface area contributed by atoms with Crippen LogP contribution in [0.5, 0.6) is 11.5 Å². The Labute approximate surface area is 190 Å². The quantitative estimate of drug-likeness (QED) is 0.398. The van der Waals surface area contributed by atoms with E-state index in [9.17, 15) is 8.42 Å². The van der Waals surface area contributed by atoms with Crippen molar-refractivity contribution in [1.29, 1.82) is 0 Å². The van der Waals surface area contributed by atoms with Crippen LogP contribution in [0.25, 0.3) is 11.0 Å². The van der Waals surface area contributed by atoms with Gasteiger partial charge in [0.25, 0.3) is 10.0 Å². The Hall–Kier alpha value is -3.56. The number of halogens is 1. The van der Waals surface area contributed by atoms with Crippen molar-refractivity contribution in [1.82, 2.24) is 9.97 Å². The van der Waals surface area contributed by atoms with E-state index >= 15 is 0 Å². The molecule has 0 amide bonds. The van der Waals surface area contributed by atoms with E-state index in [2.05, 4.69) is 20.0 Å². The first-order valence-electron chi connectivity index (χ1n) is 9.44. The highest BCUT2D eigenvalue weighted by Gasteiger charge is 2.20. The van der Waals surface area contributed by atoms with Crippen molar-refractivity contribution in [2.24, 2.45) is 0 Å². The van der Waals surface area contributed by atoms with Gasteiger partial charge in [0.1, 0.15) is 11.5 Å². The SMILES string of the molecule is COc1cc(Nc2nc3ccccc3nc2NS(=O)(=O)c2ccccc2)c(OC)cc1Cl. The molecule has 0 radical (unpaired) electrons. The molecule has 0 aliphatic heterocycles. The minimum Gasteiger partial charge on any atom is -0.495 e. The van der Waals surface area contributed by atoms with Gasteiger partial charge in [0.05, 0.1) is 40.9 Å². The smallest absolute Gasteiger partial charge is 0.263 e. The number of nitrogens with one attached hydrogen (secondary N) is 2. The molecule has 1 aromatic heterocycles. The van der Waals surface area contributed by atoms with Crippen LogP contribution < -0.4 is 19.5 Å². The second-order valence-electron chi connectivity index (χ2n) is 6.64. The fraction of sp³-hybridized carbons (Fsp3) is 0.0909. The molecule has 10 heteroatoms. The number of methoxy groups -OCH3 is 2. The third kappa shape index (κ3) is 4.39. The summed E-state index contributed by atoms with van der Waals surface area (Å²) in [5.41, 5.74) is 1.58. The molecule has 0 spiro atoms. The van der Waals surface area contributed by atoms with Gasteiger partial charge in [0.2, 0.25) is 0 Å². The predicted molar refractivity (Wildman–Crippen MR) is 125 cm³/mol. The first kappa shape index (κ1) is 21.7. The molecular formula is C22H19ClN4O4S. The molecule has 0 aliphatic rings. The lowest BCUT2D eigenvalue weighted by Gasteiger charge is -2.16. The summed E-state index contributed by atoms with van der Waals surface area (Å²) in [6.07, 6.45) is 0. The van der Waals surface area contributed by atoms with Gasteiger partial charge in [-0.2, -0.15) is 0 Å². The maximum Gasteiger partial charge on any atom is 0.263 e. The normalized spacial score (nSPS) is 11.2. The number of para-hydroxylation sites is 2. The van der Waals surface area contributed by atoms with Crippen LogP contribution >= 0.6 is 11.6 Å². The molecule has 2 N–H and O–H groups in total. The van der Waals surface area contributed by atoms with Crippen LogP contribution in [0.4, 0.5) is 17.3 Å². The number of ether oxygens (including phenoxy) is 2. The second-order valence-corrected chi connectivity index (χ2v) is 8.73. The first-order chi connectivity index (χ1) is 15.4. The van der Waals surface area contributed by atoms with Crippen molar-refractivity contribution >= 4 is 50.0 Å². The van der Waals surface area contributed by atoms with Crippen LogP contribution in [-0.4, -0.2) is 32.6 Å². The molecule has 0 atom stereocenters. The largest absolute Gasteiger partial charge is 0.495 e. The van der Waals surface area contributed by atoms with Crippen LogP contribution in [0.2, 0.25) is 5.02 Å². The summed E-state index contributed by atoms with van der Waals surface area (Å²) in [7, 11) is -0.914. The van der Waals surface area contributed by atoms with Crippen LogP contribution in [0.1, 0.15) is 0 Å². The number of nitrogens with zero attached hydrogens (tertiary/aromatic N) is 2. The van der Waals surface area contributed by atoms with Gasteiger partial charge in [-0.15, -0.1) is 0 Å². The van der Waals surface area contributed by atoms with Gasteiger partial charge in [0, 0.05) is 12.1 Å². The summed E-state index contributed by atoms with van der Waals surface area (Å²) >= 11 is 6.20. The molecule has 3 aromatic carbocycles. The molecule has 0 fully saturated rings. The number of aromatic nitrogens is 2. The third-order valence-corrected chi connectivity index (χ3v) is 6.23. The molecule has 0 unspecified atom stereocenters. The minimum absolute atomic E-state index is 0.0310. The van der Waals surface area contributed by atoms with E-state index in [1.807, 2.05) is 6.07 Å². The van der Waals surface area contributed by atoms with Crippen molar-refractivity contribution in [3.8, 4) is 11.5 Å². The van der Waals surface area contributed by atoms with Gasteiger partial charge in [-0.25, -0.2) is 18.4 Å². The lowest BCUT2D eigenvalue weighted by atomic mass is 10.2. The highest BCUT2D eigenvalue weighted by Crippen LogP contribution is 2.38. The number of sulfonamides is 1. The molecular weight excluding hydrogens is 452 g/mol. The first-order valence-corrected chi connectivity index (χ1v) is 11.3. The summed E-state index contributed by atoms with van der Waals surface area (Å²) < 4.78 is 39.1. The summed E-state index contributed by atoms with van der Waals surface area (Å²) in [6.45, 7) is 0. The zero-order valence-electron chi connectivity index (χ0n) is 17.2. The molecule has 1 heterocycles. The van der Waals surface area contributed by atoms with E-state index in [-0.39, 0.29) is 16.5 Å². The van der Waals surface area contributed by atoms with E-state index in [4.69, 9.17) is 21.1 Å². The Morgan fingerprint density at radius 2 is 1.41 bits per heavy atom. The van der Waals surface area contributed by atoms with Gasteiger partial charge in [-0.1, -0.05) is 41.9 Å². The van der Waals surface area contributed by atoms with E-state index in [1.165, 1.54) is 26.4 Å². The summed E-state index contributed by atoms with van der Waals surface area (Å²) in [5, 5.41) is 3.46. The molecule has 0 saturated heterocycles. The van der Waals surface area contributed by atoms with Crippen LogP contribution in [0.3, 0.4) is 0 Å². The molecule has 4 aromatic rings. The van der Waals surface area contributed by atoms with E-state index in [1.54, 1.807) is 48.5 Å². The average molecular weight is 471 g/mol. The highest BCUT2D eigenvalue weighted by atomic mass is 35.5. The molecule has 8 nitrogen and oxygen atoms in total. The number of rotatable bonds is 7. The number of hydrogen-bond donors (Lipinski definition) is 2. The minimum atomic E-state index is -3.90. The Kier molecular flexibility index (Phi) is 6.02. The molecule has 0 saturated carbocycles. The predicted octanol–water partition coefficient (Wildman–Crippen LogP) is 4.84. The monoisotopic (exact) mass is 470 g/mol. The molecule has 4 rings (SSSR count).